The third-order valence-corrected chi connectivity index (χ3v) is 3.12. The summed E-state index contributed by atoms with van der Waals surface area (Å²) >= 11 is 0. The summed E-state index contributed by atoms with van der Waals surface area (Å²) in [5, 5.41) is 6.34. The Kier molecular flexibility index (Phi) is 3.79. The lowest BCUT2D eigenvalue weighted by Gasteiger charge is -2.15. The van der Waals surface area contributed by atoms with Gasteiger partial charge in [0.25, 0.3) is 0 Å². The monoisotopic (exact) mass is 232 g/mol. The second-order valence-electron chi connectivity index (χ2n) is 4.88. The summed E-state index contributed by atoms with van der Waals surface area (Å²) in [6, 6.07) is 8.36. The van der Waals surface area contributed by atoms with E-state index in [0.717, 1.165) is 18.2 Å². The molecular weight excluding hydrogens is 212 g/mol. The molecule has 0 heterocycles. The number of hydrogen-bond acceptors (Lipinski definition) is 2. The smallest absolute Gasteiger partial charge is 0.221 e. The number of anilines is 1. The Morgan fingerprint density at radius 2 is 2.24 bits per heavy atom. The number of amides is 1. The lowest BCUT2D eigenvalue weighted by atomic mass is 10.1. The summed E-state index contributed by atoms with van der Waals surface area (Å²) in [4.78, 5) is 11.0. The normalized spacial score (nSPS) is 16.6. The van der Waals surface area contributed by atoms with Crippen molar-refractivity contribution in [2.45, 2.75) is 32.7 Å². The molecule has 3 heteroatoms. The van der Waals surface area contributed by atoms with Gasteiger partial charge in [0, 0.05) is 18.7 Å². The number of rotatable bonds is 5. The molecule has 0 spiro atoms. The molecule has 92 valence electrons. The van der Waals surface area contributed by atoms with E-state index in [2.05, 4.69) is 23.6 Å². The van der Waals surface area contributed by atoms with Crippen molar-refractivity contribution in [2.24, 2.45) is 5.92 Å². The standard InChI is InChI=1S/C14H20N2O/c1-10(15-9-12-6-7-12)13-4-3-5-14(8-13)16-11(2)17/h3-5,8,10,12,15H,6-7,9H2,1-2H3,(H,16,17)/t10-/m1/s1. The van der Waals surface area contributed by atoms with Crippen molar-refractivity contribution in [3.8, 4) is 0 Å². The van der Waals surface area contributed by atoms with Crippen molar-refractivity contribution in [3.63, 3.8) is 0 Å². The van der Waals surface area contributed by atoms with Gasteiger partial charge in [0.15, 0.2) is 0 Å². The van der Waals surface area contributed by atoms with Gasteiger partial charge in [0.2, 0.25) is 5.91 Å². The van der Waals surface area contributed by atoms with Gasteiger partial charge in [-0.05, 0) is 49.9 Å². The molecule has 17 heavy (non-hydrogen) atoms. The first-order chi connectivity index (χ1) is 8.15. The Morgan fingerprint density at radius 3 is 2.88 bits per heavy atom. The zero-order valence-corrected chi connectivity index (χ0v) is 10.5. The molecule has 1 fully saturated rings. The molecule has 1 atom stereocenters. The zero-order valence-electron chi connectivity index (χ0n) is 10.5. The number of hydrogen-bond donors (Lipinski definition) is 2. The Labute approximate surface area is 103 Å². The minimum atomic E-state index is -0.0271. The quantitative estimate of drug-likeness (QED) is 0.819. The molecular formula is C14H20N2O. The predicted molar refractivity (Wildman–Crippen MR) is 69.9 cm³/mol. The Hall–Kier alpha value is -1.35. The van der Waals surface area contributed by atoms with Gasteiger partial charge >= 0.3 is 0 Å². The van der Waals surface area contributed by atoms with Gasteiger partial charge < -0.3 is 10.6 Å². The summed E-state index contributed by atoms with van der Waals surface area (Å²) in [5.74, 6) is 0.858. The van der Waals surface area contributed by atoms with Crippen LogP contribution in [0.15, 0.2) is 24.3 Å². The molecule has 0 saturated heterocycles. The van der Waals surface area contributed by atoms with E-state index < -0.39 is 0 Å². The summed E-state index contributed by atoms with van der Waals surface area (Å²) in [6.45, 7) is 4.79. The fourth-order valence-corrected chi connectivity index (χ4v) is 1.87. The molecule has 1 aliphatic rings. The molecule has 1 aliphatic carbocycles. The van der Waals surface area contributed by atoms with Crippen LogP contribution in [0.5, 0.6) is 0 Å². The van der Waals surface area contributed by atoms with Gasteiger partial charge in [-0.1, -0.05) is 12.1 Å². The SMILES string of the molecule is CC(=O)Nc1cccc([C@@H](C)NCC2CC2)c1. The van der Waals surface area contributed by atoms with Crippen LogP contribution in [0, 0.1) is 5.92 Å². The van der Waals surface area contributed by atoms with E-state index in [1.54, 1.807) is 0 Å². The maximum absolute atomic E-state index is 11.0. The topological polar surface area (TPSA) is 41.1 Å². The fraction of sp³-hybridized carbons (Fsp3) is 0.500. The van der Waals surface area contributed by atoms with E-state index in [1.165, 1.54) is 25.3 Å². The van der Waals surface area contributed by atoms with Crippen LogP contribution in [0.25, 0.3) is 0 Å². The molecule has 0 aromatic heterocycles. The van der Waals surface area contributed by atoms with Crippen molar-refractivity contribution in [1.82, 2.24) is 5.32 Å². The zero-order chi connectivity index (χ0) is 12.3. The first kappa shape index (κ1) is 12.1. The third kappa shape index (κ3) is 3.86. The first-order valence-corrected chi connectivity index (χ1v) is 6.26. The molecule has 1 aromatic carbocycles. The van der Waals surface area contributed by atoms with E-state index in [4.69, 9.17) is 0 Å². The molecule has 1 amide bonds. The highest BCUT2D eigenvalue weighted by Gasteiger charge is 2.21. The van der Waals surface area contributed by atoms with Crippen LogP contribution in [0.2, 0.25) is 0 Å². The molecule has 0 aliphatic heterocycles. The number of carbonyl (C=O) groups is 1. The van der Waals surface area contributed by atoms with E-state index in [-0.39, 0.29) is 5.91 Å². The highest BCUT2D eigenvalue weighted by Crippen LogP contribution is 2.28. The van der Waals surface area contributed by atoms with E-state index >= 15 is 0 Å². The van der Waals surface area contributed by atoms with Gasteiger partial charge in [-0.3, -0.25) is 4.79 Å². The summed E-state index contributed by atoms with van der Waals surface area (Å²) < 4.78 is 0. The minimum absolute atomic E-state index is 0.0271. The van der Waals surface area contributed by atoms with Crippen LogP contribution in [-0.4, -0.2) is 12.5 Å². The van der Waals surface area contributed by atoms with Crippen LogP contribution >= 0.6 is 0 Å². The lowest BCUT2D eigenvalue weighted by Crippen LogP contribution is -2.21. The molecule has 2 N–H and O–H groups in total. The highest BCUT2D eigenvalue weighted by molar-refractivity contribution is 5.88. The predicted octanol–water partition coefficient (Wildman–Crippen LogP) is 2.71. The lowest BCUT2D eigenvalue weighted by molar-refractivity contribution is -0.114. The van der Waals surface area contributed by atoms with Crippen molar-refractivity contribution in [3.05, 3.63) is 29.8 Å². The van der Waals surface area contributed by atoms with E-state index in [9.17, 15) is 4.79 Å². The van der Waals surface area contributed by atoms with Gasteiger partial charge in [0.1, 0.15) is 0 Å². The van der Waals surface area contributed by atoms with Gasteiger partial charge in [-0.15, -0.1) is 0 Å². The van der Waals surface area contributed by atoms with Crippen LogP contribution in [0.4, 0.5) is 5.69 Å². The average Bonchev–Trinajstić information content (AvgIpc) is 3.09. The van der Waals surface area contributed by atoms with E-state index in [1.807, 2.05) is 18.2 Å². The first-order valence-electron chi connectivity index (χ1n) is 6.26. The molecule has 0 unspecified atom stereocenters. The summed E-state index contributed by atoms with van der Waals surface area (Å²) in [5.41, 5.74) is 2.09. The van der Waals surface area contributed by atoms with E-state index in [0.29, 0.717) is 6.04 Å². The summed E-state index contributed by atoms with van der Waals surface area (Å²) in [6.07, 6.45) is 2.73. The van der Waals surface area contributed by atoms with Gasteiger partial charge in [0.05, 0.1) is 0 Å². The third-order valence-electron chi connectivity index (χ3n) is 3.12. The van der Waals surface area contributed by atoms with Crippen LogP contribution in [-0.2, 0) is 4.79 Å². The Morgan fingerprint density at radius 1 is 1.47 bits per heavy atom. The van der Waals surface area contributed by atoms with Crippen LogP contribution in [0.3, 0.4) is 0 Å². The minimum Gasteiger partial charge on any atom is -0.326 e. The Bertz CT molecular complexity index is 399. The molecule has 1 saturated carbocycles. The molecule has 3 nitrogen and oxygen atoms in total. The maximum Gasteiger partial charge on any atom is 0.221 e. The van der Waals surface area contributed by atoms with Crippen molar-refractivity contribution in [2.75, 3.05) is 11.9 Å². The Balaban J connectivity index is 1.95. The number of benzene rings is 1. The fourth-order valence-electron chi connectivity index (χ4n) is 1.87. The second kappa shape index (κ2) is 5.32. The number of nitrogens with one attached hydrogen (secondary N) is 2. The average molecular weight is 232 g/mol. The van der Waals surface area contributed by atoms with Crippen molar-refractivity contribution < 1.29 is 4.79 Å². The highest BCUT2D eigenvalue weighted by atomic mass is 16.1. The molecule has 1 aromatic rings. The largest absolute Gasteiger partial charge is 0.326 e. The van der Waals surface area contributed by atoms with Gasteiger partial charge in [-0.25, -0.2) is 0 Å². The van der Waals surface area contributed by atoms with Crippen molar-refractivity contribution in [1.29, 1.82) is 0 Å². The van der Waals surface area contributed by atoms with Crippen LogP contribution in [0.1, 0.15) is 38.3 Å². The molecule has 0 bridgehead atoms. The maximum atomic E-state index is 11.0. The molecule has 0 radical (unpaired) electrons. The number of carbonyl (C=O) groups excluding carboxylic acids is 1. The van der Waals surface area contributed by atoms with Gasteiger partial charge in [-0.2, -0.15) is 0 Å². The van der Waals surface area contributed by atoms with Crippen molar-refractivity contribution >= 4 is 11.6 Å². The molecule has 2 rings (SSSR count). The second-order valence-corrected chi connectivity index (χ2v) is 4.88. The summed E-state index contributed by atoms with van der Waals surface area (Å²) in [7, 11) is 0. The van der Waals surface area contributed by atoms with Crippen LogP contribution < -0.4 is 10.6 Å².